The Morgan fingerprint density at radius 1 is 1.03 bits per heavy atom. The molecule has 1 atom stereocenters. The van der Waals surface area contributed by atoms with Crippen LogP contribution in [0.2, 0.25) is 0 Å². The van der Waals surface area contributed by atoms with Gasteiger partial charge in [0.15, 0.2) is 0 Å². The van der Waals surface area contributed by atoms with Crippen LogP contribution in [-0.2, 0) is 9.59 Å². The third-order valence-electron chi connectivity index (χ3n) is 5.59. The smallest absolute Gasteiger partial charge is 0.300 e. The molecule has 3 aromatic rings. The first-order chi connectivity index (χ1) is 15.3. The van der Waals surface area contributed by atoms with Crippen molar-refractivity contribution in [2.24, 2.45) is 0 Å². The van der Waals surface area contributed by atoms with E-state index in [-0.39, 0.29) is 17.4 Å². The van der Waals surface area contributed by atoms with Crippen LogP contribution in [0.4, 0.5) is 5.69 Å². The third-order valence-corrected chi connectivity index (χ3v) is 5.59. The zero-order valence-electron chi connectivity index (χ0n) is 18.5. The van der Waals surface area contributed by atoms with Gasteiger partial charge in [-0.3, -0.25) is 14.5 Å². The van der Waals surface area contributed by atoms with Crippen molar-refractivity contribution >= 4 is 23.1 Å². The molecule has 0 saturated carbocycles. The average molecular weight is 431 g/mol. The van der Waals surface area contributed by atoms with Gasteiger partial charge in [0.2, 0.25) is 0 Å². The maximum atomic E-state index is 13.2. The van der Waals surface area contributed by atoms with Crippen LogP contribution < -0.4 is 9.64 Å². The van der Waals surface area contributed by atoms with E-state index in [9.17, 15) is 14.7 Å². The standard InChI is InChI=1S/C26H25NO5/c1-15(2)32-19-12-10-18(11-13-19)24(28)22-23(21-9-6-14-31-21)27(26(30)25(22)29)20-8-5-7-16(3)17(20)4/h5-15,23,28H,1-4H3/b24-22-. The summed E-state index contributed by atoms with van der Waals surface area (Å²) in [5, 5.41) is 11.1. The number of furan rings is 1. The number of aliphatic hydroxyl groups excluding tert-OH is 1. The Bertz CT molecular complexity index is 1190. The first-order valence-corrected chi connectivity index (χ1v) is 10.5. The number of carbonyl (C=O) groups excluding carboxylic acids is 2. The number of aryl methyl sites for hydroxylation is 1. The Balaban J connectivity index is 1.86. The number of hydrogen-bond donors (Lipinski definition) is 1. The molecule has 1 aliphatic rings. The zero-order valence-corrected chi connectivity index (χ0v) is 18.5. The second-order valence-electron chi connectivity index (χ2n) is 8.09. The van der Waals surface area contributed by atoms with E-state index in [4.69, 9.17) is 9.15 Å². The summed E-state index contributed by atoms with van der Waals surface area (Å²) in [6.07, 6.45) is 1.49. The number of nitrogens with zero attached hydrogens (tertiary/aromatic N) is 1. The second-order valence-corrected chi connectivity index (χ2v) is 8.09. The predicted molar refractivity (Wildman–Crippen MR) is 122 cm³/mol. The van der Waals surface area contributed by atoms with Crippen molar-refractivity contribution in [3.05, 3.63) is 88.9 Å². The maximum Gasteiger partial charge on any atom is 0.300 e. The molecule has 1 saturated heterocycles. The van der Waals surface area contributed by atoms with Crippen LogP contribution in [0, 0.1) is 13.8 Å². The van der Waals surface area contributed by atoms with Crippen molar-refractivity contribution in [3.8, 4) is 5.75 Å². The van der Waals surface area contributed by atoms with E-state index in [2.05, 4.69) is 0 Å². The van der Waals surface area contributed by atoms with Gasteiger partial charge in [-0.25, -0.2) is 0 Å². The van der Waals surface area contributed by atoms with Crippen LogP contribution in [0.5, 0.6) is 5.75 Å². The van der Waals surface area contributed by atoms with Gasteiger partial charge in [-0.05, 0) is 81.3 Å². The lowest BCUT2D eigenvalue weighted by Crippen LogP contribution is -2.30. The second kappa shape index (κ2) is 8.38. The normalized spacial score (nSPS) is 17.9. The Kier molecular flexibility index (Phi) is 5.61. The van der Waals surface area contributed by atoms with Crippen LogP contribution in [0.15, 0.2) is 70.9 Å². The molecule has 6 nitrogen and oxygen atoms in total. The summed E-state index contributed by atoms with van der Waals surface area (Å²) in [6.45, 7) is 7.69. The molecule has 1 unspecified atom stereocenters. The third kappa shape index (κ3) is 3.68. The van der Waals surface area contributed by atoms with Gasteiger partial charge in [0.1, 0.15) is 23.3 Å². The largest absolute Gasteiger partial charge is 0.507 e. The number of anilines is 1. The van der Waals surface area contributed by atoms with E-state index in [0.29, 0.717) is 22.8 Å². The number of hydrogen-bond acceptors (Lipinski definition) is 5. The first-order valence-electron chi connectivity index (χ1n) is 10.5. The molecule has 1 aliphatic heterocycles. The summed E-state index contributed by atoms with van der Waals surface area (Å²) in [5.41, 5.74) is 2.87. The summed E-state index contributed by atoms with van der Waals surface area (Å²) in [5.74, 6) is -0.677. The summed E-state index contributed by atoms with van der Waals surface area (Å²) >= 11 is 0. The number of ether oxygens (including phenoxy) is 1. The van der Waals surface area contributed by atoms with Crippen LogP contribution in [0.3, 0.4) is 0 Å². The molecule has 164 valence electrons. The predicted octanol–water partition coefficient (Wildman–Crippen LogP) is 5.31. The van der Waals surface area contributed by atoms with Crippen molar-refractivity contribution < 1.29 is 23.8 Å². The van der Waals surface area contributed by atoms with Crippen LogP contribution >= 0.6 is 0 Å². The Hall–Kier alpha value is -3.80. The number of rotatable bonds is 5. The van der Waals surface area contributed by atoms with Gasteiger partial charge in [-0.2, -0.15) is 0 Å². The number of carbonyl (C=O) groups is 2. The molecule has 0 radical (unpaired) electrons. The van der Waals surface area contributed by atoms with E-state index in [1.807, 2.05) is 39.8 Å². The summed E-state index contributed by atoms with van der Waals surface area (Å²) in [7, 11) is 0. The molecule has 0 aliphatic carbocycles. The van der Waals surface area contributed by atoms with Crippen LogP contribution in [0.1, 0.15) is 42.3 Å². The summed E-state index contributed by atoms with van der Waals surface area (Å²) in [4.78, 5) is 27.7. The highest BCUT2D eigenvalue weighted by Gasteiger charge is 2.48. The van der Waals surface area contributed by atoms with Crippen molar-refractivity contribution in [2.75, 3.05) is 4.90 Å². The van der Waals surface area contributed by atoms with Gasteiger partial charge < -0.3 is 14.3 Å². The molecule has 1 amide bonds. The highest BCUT2D eigenvalue weighted by atomic mass is 16.5. The molecule has 2 aromatic carbocycles. The number of amides is 1. The molecule has 6 heteroatoms. The summed E-state index contributed by atoms with van der Waals surface area (Å²) < 4.78 is 11.3. The fourth-order valence-electron chi connectivity index (χ4n) is 3.91. The lowest BCUT2D eigenvalue weighted by molar-refractivity contribution is -0.132. The molecule has 1 fully saturated rings. The van der Waals surface area contributed by atoms with Gasteiger partial charge in [0.05, 0.1) is 17.9 Å². The van der Waals surface area contributed by atoms with Gasteiger partial charge in [0.25, 0.3) is 11.7 Å². The molecule has 0 bridgehead atoms. The van der Waals surface area contributed by atoms with E-state index in [1.165, 1.54) is 11.2 Å². The quantitative estimate of drug-likeness (QED) is 0.336. The van der Waals surface area contributed by atoms with Crippen LogP contribution in [-0.4, -0.2) is 22.9 Å². The first kappa shape index (κ1) is 21.4. The molecule has 32 heavy (non-hydrogen) atoms. The lowest BCUT2D eigenvalue weighted by Gasteiger charge is -2.25. The molecule has 1 N–H and O–H groups in total. The molecule has 2 heterocycles. The van der Waals surface area contributed by atoms with Crippen LogP contribution in [0.25, 0.3) is 5.76 Å². The highest BCUT2D eigenvalue weighted by Crippen LogP contribution is 2.43. The molecular formula is C26H25NO5. The highest BCUT2D eigenvalue weighted by molar-refractivity contribution is 6.51. The number of Topliss-reactive ketones (excluding diaryl/α,β-unsaturated/α-hetero) is 1. The minimum Gasteiger partial charge on any atom is -0.507 e. The zero-order chi connectivity index (χ0) is 23.0. The Morgan fingerprint density at radius 3 is 2.38 bits per heavy atom. The van der Waals surface area contributed by atoms with E-state index in [0.717, 1.165) is 11.1 Å². The van der Waals surface area contributed by atoms with Crippen molar-refractivity contribution in [2.45, 2.75) is 39.8 Å². The van der Waals surface area contributed by atoms with Gasteiger partial charge in [-0.15, -0.1) is 0 Å². The van der Waals surface area contributed by atoms with Crippen molar-refractivity contribution in [1.82, 2.24) is 0 Å². The topological polar surface area (TPSA) is 80.0 Å². The SMILES string of the molecule is Cc1cccc(N2C(=O)C(=O)/C(=C(\O)c3ccc(OC(C)C)cc3)C2c2ccco2)c1C. The van der Waals surface area contributed by atoms with Gasteiger partial charge >= 0.3 is 0 Å². The number of ketones is 1. The average Bonchev–Trinajstić information content (AvgIpc) is 3.37. The molecule has 4 rings (SSSR count). The Morgan fingerprint density at radius 2 is 1.75 bits per heavy atom. The van der Waals surface area contributed by atoms with Crippen molar-refractivity contribution in [3.63, 3.8) is 0 Å². The van der Waals surface area contributed by atoms with E-state index in [1.54, 1.807) is 42.5 Å². The summed E-state index contributed by atoms with van der Waals surface area (Å²) in [6, 6.07) is 14.9. The van der Waals surface area contributed by atoms with Crippen molar-refractivity contribution in [1.29, 1.82) is 0 Å². The minimum atomic E-state index is -0.878. The number of aliphatic hydroxyl groups is 1. The Labute approximate surface area is 186 Å². The van der Waals surface area contributed by atoms with E-state index < -0.39 is 17.7 Å². The fourth-order valence-corrected chi connectivity index (χ4v) is 3.91. The monoisotopic (exact) mass is 431 g/mol. The van der Waals surface area contributed by atoms with Gasteiger partial charge in [0, 0.05) is 11.3 Å². The molecular weight excluding hydrogens is 406 g/mol. The lowest BCUT2D eigenvalue weighted by atomic mass is 9.98. The van der Waals surface area contributed by atoms with Gasteiger partial charge in [-0.1, -0.05) is 12.1 Å². The molecule has 1 aromatic heterocycles. The minimum absolute atomic E-state index is 0.0105. The maximum absolute atomic E-state index is 13.2. The van der Waals surface area contributed by atoms with E-state index >= 15 is 0 Å². The molecule has 0 spiro atoms. The fraction of sp³-hybridized carbons (Fsp3) is 0.231. The number of benzene rings is 2.